The first-order chi connectivity index (χ1) is 13.0. The molecule has 4 rings (SSSR count). The Morgan fingerprint density at radius 2 is 1.85 bits per heavy atom. The first-order valence-corrected chi connectivity index (χ1v) is 11.6. The fourth-order valence-corrected chi connectivity index (χ4v) is 5.99. The predicted octanol–water partition coefficient (Wildman–Crippen LogP) is 2.49. The van der Waals surface area contributed by atoms with Gasteiger partial charge in [-0.2, -0.15) is 4.31 Å². The van der Waals surface area contributed by atoms with Crippen LogP contribution in [0.25, 0.3) is 0 Å². The molecule has 3 heterocycles. The zero-order chi connectivity index (χ0) is 18.9. The summed E-state index contributed by atoms with van der Waals surface area (Å²) in [5.41, 5.74) is -0.278. The molecule has 0 saturated carbocycles. The van der Waals surface area contributed by atoms with Gasteiger partial charge in [-0.15, -0.1) is 0 Å². The standard InChI is InChI=1S/C20H30N2O4S/c1-2-12-25-18-6-8-19(9-7-18)27(23,24)22-15-20(16-22)13-17(14-26-20)21-10-4-3-5-11-21/h6-9,17H,2-5,10-16H2,1H3. The molecule has 6 nitrogen and oxygen atoms in total. The van der Waals surface area contributed by atoms with E-state index >= 15 is 0 Å². The highest BCUT2D eigenvalue weighted by Crippen LogP contribution is 2.40. The van der Waals surface area contributed by atoms with Crippen molar-refractivity contribution in [2.75, 3.05) is 39.4 Å². The van der Waals surface area contributed by atoms with Crippen LogP contribution in [-0.4, -0.2) is 68.7 Å². The molecule has 1 spiro atoms. The Morgan fingerprint density at radius 1 is 1.15 bits per heavy atom. The van der Waals surface area contributed by atoms with Gasteiger partial charge in [0.2, 0.25) is 10.0 Å². The van der Waals surface area contributed by atoms with Crippen molar-refractivity contribution in [1.82, 2.24) is 9.21 Å². The monoisotopic (exact) mass is 394 g/mol. The van der Waals surface area contributed by atoms with Crippen molar-refractivity contribution in [2.45, 2.75) is 55.6 Å². The van der Waals surface area contributed by atoms with Gasteiger partial charge in [0.15, 0.2) is 0 Å². The Morgan fingerprint density at radius 3 is 2.52 bits per heavy atom. The van der Waals surface area contributed by atoms with Gasteiger partial charge in [-0.3, -0.25) is 4.90 Å². The number of hydrogen-bond acceptors (Lipinski definition) is 5. The van der Waals surface area contributed by atoms with Crippen LogP contribution in [0.15, 0.2) is 29.2 Å². The van der Waals surface area contributed by atoms with Crippen LogP contribution in [0.2, 0.25) is 0 Å². The van der Waals surface area contributed by atoms with E-state index in [9.17, 15) is 8.42 Å². The maximum atomic E-state index is 12.9. The van der Waals surface area contributed by atoms with E-state index in [0.29, 0.717) is 36.4 Å². The first kappa shape index (κ1) is 19.2. The summed E-state index contributed by atoms with van der Waals surface area (Å²) in [6.07, 6.45) is 5.73. The smallest absolute Gasteiger partial charge is 0.243 e. The summed E-state index contributed by atoms with van der Waals surface area (Å²) >= 11 is 0. The van der Waals surface area contributed by atoms with Crippen molar-refractivity contribution >= 4 is 10.0 Å². The van der Waals surface area contributed by atoms with E-state index in [1.165, 1.54) is 19.3 Å². The van der Waals surface area contributed by atoms with Crippen molar-refractivity contribution in [3.63, 3.8) is 0 Å². The molecule has 3 aliphatic heterocycles. The summed E-state index contributed by atoms with van der Waals surface area (Å²) in [6, 6.07) is 7.19. The molecule has 27 heavy (non-hydrogen) atoms. The zero-order valence-corrected chi connectivity index (χ0v) is 16.9. The average molecular weight is 395 g/mol. The third-order valence-electron chi connectivity index (χ3n) is 5.96. The van der Waals surface area contributed by atoms with Gasteiger partial charge in [-0.1, -0.05) is 13.3 Å². The summed E-state index contributed by atoms with van der Waals surface area (Å²) < 4.78 is 38.9. The van der Waals surface area contributed by atoms with Crippen LogP contribution in [0.3, 0.4) is 0 Å². The van der Waals surface area contributed by atoms with E-state index in [-0.39, 0.29) is 5.60 Å². The second-order valence-electron chi connectivity index (χ2n) is 8.04. The molecule has 3 fully saturated rings. The van der Waals surface area contributed by atoms with Gasteiger partial charge in [0.05, 0.1) is 23.7 Å². The van der Waals surface area contributed by atoms with Gasteiger partial charge in [0, 0.05) is 19.1 Å². The lowest BCUT2D eigenvalue weighted by atomic mass is 9.91. The molecule has 0 bridgehead atoms. The topological polar surface area (TPSA) is 59.1 Å². The second-order valence-corrected chi connectivity index (χ2v) is 9.98. The van der Waals surface area contributed by atoms with E-state index < -0.39 is 10.0 Å². The molecule has 3 saturated heterocycles. The highest BCUT2D eigenvalue weighted by Gasteiger charge is 2.54. The van der Waals surface area contributed by atoms with Gasteiger partial charge in [-0.25, -0.2) is 8.42 Å². The molecule has 0 N–H and O–H groups in total. The van der Waals surface area contributed by atoms with Crippen LogP contribution in [-0.2, 0) is 14.8 Å². The molecule has 0 aliphatic carbocycles. The molecular formula is C20H30N2O4S. The van der Waals surface area contributed by atoms with Gasteiger partial charge < -0.3 is 9.47 Å². The molecule has 0 radical (unpaired) electrons. The lowest BCUT2D eigenvalue weighted by molar-refractivity contribution is -0.0774. The van der Waals surface area contributed by atoms with Crippen molar-refractivity contribution in [2.24, 2.45) is 0 Å². The Balaban J connectivity index is 1.35. The van der Waals surface area contributed by atoms with E-state index in [1.54, 1.807) is 28.6 Å². The molecule has 1 atom stereocenters. The summed E-state index contributed by atoms with van der Waals surface area (Å²) in [6.45, 7) is 6.64. The zero-order valence-electron chi connectivity index (χ0n) is 16.1. The highest BCUT2D eigenvalue weighted by atomic mass is 32.2. The van der Waals surface area contributed by atoms with E-state index in [0.717, 1.165) is 32.5 Å². The van der Waals surface area contributed by atoms with Gasteiger partial charge in [-0.05, 0) is 63.0 Å². The van der Waals surface area contributed by atoms with Crippen LogP contribution < -0.4 is 4.74 Å². The molecule has 1 unspecified atom stereocenters. The molecule has 7 heteroatoms. The van der Waals surface area contributed by atoms with E-state index in [2.05, 4.69) is 4.90 Å². The van der Waals surface area contributed by atoms with Gasteiger partial charge in [0.25, 0.3) is 0 Å². The number of likely N-dealkylation sites (tertiary alicyclic amines) is 1. The summed E-state index contributed by atoms with van der Waals surface area (Å²) in [5, 5.41) is 0. The molecular weight excluding hydrogens is 364 g/mol. The van der Waals surface area contributed by atoms with Crippen LogP contribution >= 0.6 is 0 Å². The van der Waals surface area contributed by atoms with Crippen molar-refractivity contribution in [1.29, 1.82) is 0 Å². The fraction of sp³-hybridized carbons (Fsp3) is 0.700. The molecule has 0 amide bonds. The quantitative estimate of drug-likeness (QED) is 0.742. The summed E-state index contributed by atoms with van der Waals surface area (Å²) in [4.78, 5) is 2.86. The minimum Gasteiger partial charge on any atom is -0.494 e. The Kier molecular flexibility index (Phi) is 5.47. The van der Waals surface area contributed by atoms with E-state index in [4.69, 9.17) is 9.47 Å². The Bertz CT molecular complexity index is 738. The second kappa shape index (κ2) is 7.70. The van der Waals surface area contributed by atoms with Gasteiger partial charge >= 0.3 is 0 Å². The minimum absolute atomic E-state index is 0.278. The molecule has 1 aromatic rings. The van der Waals surface area contributed by atoms with Gasteiger partial charge in [0.1, 0.15) is 5.75 Å². The molecule has 150 valence electrons. The van der Waals surface area contributed by atoms with Crippen LogP contribution in [0, 0.1) is 0 Å². The summed E-state index contributed by atoms with van der Waals surface area (Å²) in [7, 11) is -3.46. The van der Waals surface area contributed by atoms with E-state index in [1.807, 2.05) is 6.92 Å². The van der Waals surface area contributed by atoms with Crippen molar-refractivity contribution in [3.8, 4) is 5.75 Å². The largest absolute Gasteiger partial charge is 0.494 e. The lowest BCUT2D eigenvalue weighted by Gasteiger charge is -2.46. The van der Waals surface area contributed by atoms with Crippen molar-refractivity contribution < 1.29 is 17.9 Å². The number of hydrogen-bond donors (Lipinski definition) is 0. The Labute approximate surface area is 162 Å². The fourth-order valence-electron chi connectivity index (χ4n) is 4.40. The van der Waals surface area contributed by atoms with Crippen LogP contribution in [0.1, 0.15) is 39.0 Å². The average Bonchev–Trinajstić information content (AvgIpc) is 3.12. The lowest BCUT2D eigenvalue weighted by Crippen LogP contribution is -2.63. The van der Waals surface area contributed by atoms with Crippen LogP contribution in [0.4, 0.5) is 0 Å². The number of rotatable bonds is 6. The maximum absolute atomic E-state index is 12.9. The van der Waals surface area contributed by atoms with Crippen LogP contribution in [0.5, 0.6) is 5.75 Å². The maximum Gasteiger partial charge on any atom is 0.243 e. The molecule has 0 aromatic heterocycles. The molecule has 1 aromatic carbocycles. The SMILES string of the molecule is CCCOc1ccc(S(=O)(=O)N2CC3(CC(N4CCCCC4)CO3)C2)cc1. The number of piperidine rings is 1. The third-order valence-corrected chi connectivity index (χ3v) is 7.77. The normalized spacial score (nSPS) is 26.2. The highest BCUT2D eigenvalue weighted by molar-refractivity contribution is 7.89. The minimum atomic E-state index is -3.46. The number of ether oxygens (including phenoxy) is 2. The third kappa shape index (κ3) is 3.88. The van der Waals surface area contributed by atoms with Crippen molar-refractivity contribution in [3.05, 3.63) is 24.3 Å². The predicted molar refractivity (Wildman–Crippen MR) is 103 cm³/mol. The Hall–Kier alpha value is -1.15. The first-order valence-electron chi connectivity index (χ1n) is 10.1. The summed E-state index contributed by atoms with van der Waals surface area (Å²) in [5.74, 6) is 0.708. The number of sulfonamides is 1. The molecule has 3 aliphatic rings. The number of benzene rings is 1. The number of nitrogens with zero attached hydrogens (tertiary/aromatic N) is 2.